The number of hydrogen-bond acceptors (Lipinski definition) is 5. The van der Waals surface area contributed by atoms with E-state index in [0.29, 0.717) is 37.1 Å². The van der Waals surface area contributed by atoms with Gasteiger partial charge in [-0.2, -0.15) is 18.3 Å². The number of fused-ring (bicyclic) bond motifs is 2. The molecule has 0 aliphatic heterocycles. The monoisotopic (exact) mass is 390 g/mol. The summed E-state index contributed by atoms with van der Waals surface area (Å²) in [4.78, 5) is 24.7. The van der Waals surface area contributed by atoms with Crippen LogP contribution in [-0.2, 0) is 25.4 Å². The van der Waals surface area contributed by atoms with Crippen LogP contribution in [0.2, 0.25) is 0 Å². The molecule has 3 aromatic rings. The summed E-state index contributed by atoms with van der Waals surface area (Å²) in [5, 5.41) is 6.55. The van der Waals surface area contributed by atoms with E-state index in [2.05, 4.69) is 25.4 Å². The van der Waals surface area contributed by atoms with Crippen molar-refractivity contribution in [2.24, 2.45) is 0 Å². The van der Waals surface area contributed by atoms with E-state index in [4.69, 9.17) is 0 Å². The molecule has 10 heteroatoms. The molecule has 0 bridgehead atoms. The number of nitrogens with one attached hydrogen (secondary N) is 1. The molecular formula is C18H17F3N6O. The lowest BCUT2D eigenvalue weighted by Crippen LogP contribution is -2.26. The molecule has 0 radical (unpaired) electrons. The van der Waals surface area contributed by atoms with Crippen LogP contribution in [0.5, 0.6) is 0 Å². The molecule has 0 atom stereocenters. The van der Waals surface area contributed by atoms with Crippen molar-refractivity contribution in [2.75, 3.05) is 6.54 Å². The van der Waals surface area contributed by atoms with Crippen molar-refractivity contribution in [3.8, 4) is 0 Å². The number of carbonyl (C=O) groups is 1. The van der Waals surface area contributed by atoms with Crippen molar-refractivity contribution < 1.29 is 18.0 Å². The van der Waals surface area contributed by atoms with Crippen LogP contribution in [-0.4, -0.2) is 37.0 Å². The van der Waals surface area contributed by atoms with Crippen LogP contribution >= 0.6 is 0 Å². The second-order valence-electron chi connectivity index (χ2n) is 6.59. The van der Waals surface area contributed by atoms with Gasteiger partial charge in [0, 0.05) is 48.9 Å². The van der Waals surface area contributed by atoms with Crippen LogP contribution in [0.15, 0.2) is 24.7 Å². The zero-order valence-electron chi connectivity index (χ0n) is 14.8. The molecule has 28 heavy (non-hydrogen) atoms. The molecule has 1 aliphatic rings. The smallest absolute Gasteiger partial charge is 0.350 e. The fourth-order valence-electron chi connectivity index (χ4n) is 3.41. The van der Waals surface area contributed by atoms with Crippen molar-refractivity contribution >= 4 is 11.6 Å². The van der Waals surface area contributed by atoms with Crippen molar-refractivity contribution in [3.63, 3.8) is 0 Å². The summed E-state index contributed by atoms with van der Waals surface area (Å²) in [6, 6.07) is 1.29. The van der Waals surface area contributed by atoms with Crippen molar-refractivity contribution in [3.05, 3.63) is 53.0 Å². The molecule has 0 unspecified atom stereocenters. The summed E-state index contributed by atoms with van der Waals surface area (Å²) in [6.45, 7) is 0.265. The largest absolute Gasteiger partial charge is 0.433 e. The lowest BCUT2D eigenvalue weighted by Gasteiger charge is -2.20. The highest BCUT2D eigenvalue weighted by atomic mass is 19.4. The Bertz CT molecular complexity index is 1020. The number of alkyl halides is 3. The van der Waals surface area contributed by atoms with E-state index in [-0.39, 0.29) is 23.4 Å². The molecule has 1 N–H and O–H groups in total. The predicted octanol–water partition coefficient (Wildman–Crippen LogP) is 2.39. The number of aromatic nitrogens is 5. The van der Waals surface area contributed by atoms with E-state index < -0.39 is 17.8 Å². The first-order valence-corrected chi connectivity index (χ1v) is 8.95. The minimum Gasteiger partial charge on any atom is -0.350 e. The standard InChI is InChI=1S/C18H17F3N6O/c19-18(20,21)16-12-3-1-2-4-13(12)25-15-9-14(26-27(15)16)17(28)24-6-5-11-10-22-7-8-23-11/h7-10H,1-6H2,(H,24,28). The second-order valence-corrected chi connectivity index (χ2v) is 6.59. The van der Waals surface area contributed by atoms with Gasteiger partial charge in [0.15, 0.2) is 17.0 Å². The number of aryl methyl sites for hydroxylation is 1. The van der Waals surface area contributed by atoms with Gasteiger partial charge in [-0.15, -0.1) is 0 Å². The van der Waals surface area contributed by atoms with E-state index in [1.807, 2.05) is 0 Å². The molecule has 7 nitrogen and oxygen atoms in total. The fraction of sp³-hybridized carbons (Fsp3) is 0.389. The van der Waals surface area contributed by atoms with E-state index in [1.54, 1.807) is 18.6 Å². The van der Waals surface area contributed by atoms with E-state index in [0.717, 1.165) is 10.9 Å². The summed E-state index contributed by atoms with van der Waals surface area (Å²) in [5.74, 6) is -0.555. The first kappa shape index (κ1) is 18.3. The molecule has 0 saturated carbocycles. The van der Waals surface area contributed by atoms with Gasteiger partial charge in [0.05, 0.1) is 5.69 Å². The van der Waals surface area contributed by atoms with Crippen molar-refractivity contribution in [2.45, 2.75) is 38.3 Å². The van der Waals surface area contributed by atoms with Gasteiger partial charge < -0.3 is 5.32 Å². The Labute approximate surface area is 158 Å². The molecule has 146 valence electrons. The molecule has 3 aromatic heterocycles. The zero-order chi connectivity index (χ0) is 19.7. The van der Waals surface area contributed by atoms with Gasteiger partial charge in [-0.25, -0.2) is 9.50 Å². The topological polar surface area (TPSA) is 85.1 Å². The van der Waals surface area contributed by atoms with Crippen LogP contribution in [0.1, 0.15) is 46.0 Å². The Morgan fingerprint density at radius 1 is 1.21 bits per heavy atom. The SMILES string of the molecule is O=C(NCCc1cnccn1)c1cc2nc3c(c(C(F)(F)F)n2n1)CCCC3. The third kappa shape index (κ3) is 3.54. The third-order valence-corrected chi connectivity index (χ3v) is 4.66. The van der Waals surface area contributed by atoms with Gasteiger partial charge in [0.1, 0.15) is 0 Å². The lowest BCUT2D eigenvalue weighted by atomic mass is 9.94. The van der Waals surface area contributed by atoms with E-state index in [1.165, 1.54) is 6.07 Å². The Balaban J connectivity index is 1.61. The highest BCUT2D eigenvalue weighted by molar-refractivity contribution is 5.93. The van der Waals surface area contributed by atoms with Crippen LogP contribution in [0.25, 0.3) is 5.65 Å². The number of amides is 1. The first-order chi connectivity index (χ1) is 13.4. The highest BCUT2D eigenvalue weighted by Gasteiger charge is 2.39. The number of carbonyl (C=O) groups excluding carboxylic acids is 1. The minimum absolute atomic E-state index is 0.0343. The predicted molar refractivity (Wildman–Crippen MR) is 92.7 cm³/mol. The maximum Gasteiger partial charge on any atom is 0.433 e. The van der Waals surface area contributed by atoms with Gasteiger partial charge in [0.2, 0.25) is 0 Å². The molecule has 0 aromatic carbocycles. The Morgan fingerprint density at radius 3 is 2.79 bits per heavy atom. The molecule has 0 saturated heterocycles. The van der Waals surface area contributed by atoms with E-state index >= 15 is 0 Å². The lowest BCUT2D eigenvalue weighted by molar-refractivity contribution is -0.143. The van der Waals surface area contributed by atoms with Gasteiger partial charge in [0.25, 0.3) is 5.91 Å². The molecule has 4 rings (SSSR count). The summed E-state index contributed by atoms with van der Waals surface area (Å²) >= 11 is 0. The summed E-state index contributed by atoms with van der Waals surface area (Å²) in [7, 11) is 0. The minimum atomic E-state index is -4.58. The second kappa shape index (κ2) is 7.17. The van der Waals surface area contributed by atoms with Crippen molar-refractivity contribution in [1.82, 2.24) is 29.9 Å². The Kier molecular flexibility index (Phi) is 4.70. The highest BCUT2D eigenvalue weighted by Crippen LogP contribution is 2.36. The maximum absolute atomic E-state index is 13.7. The van der Waals surface area contributed by atoms with Crippen LogP contribution < -0.4 is 5.32 Å². The van der Waals surface area contributed by atoms with Gasteiger partial charge >= 0.3 is 6.18 Å². The molecule has 1 aliphatic carbocycles. The first-order valence-electron chi connectivity index (χ1n) is 8.95. The van der Waals surface area contributed by atoms with Crippen LogP contribution in [0.3, 0.4) is 0 Å². The van der Waals surface area contributed by atoms with Gasteiger partial charge in [-0.05, 0) is 25.7 Å². The fourth-order valence-corrected chi connectivity index (χ4v) is 3.41. The summed E-state index contributed by atoms with van der Waals surface area (Å²) in [6.07, 6.45) is 2.85. The number of hydrogen-bond donors (Lipinski definition) is 1. The summed E-state index contributed by atoms with van der Waals surface area (Å²) < 4.78 is 41.9. The van der Waals surface area contributed by atoms with Gasteiger partial charge in [-0.1, -0.05) is 0 Å². The number of nitrogens with zero attached hydrogens (tertiary/aromatic N) is 5. The third-order valence-electron chi connectivity index (χ3n) is 4.66. The zero-order valence-corrected chi connectivity index (χ0v) is 14.8. The maximum atomic E-state index is 13.7. The average Bonchev–Trinajstić information content (AvgIpc) is 3.09. The number of rotatable bonds is 4. The van der Waals surface area contributed by atoms with Crippen LogP contribution in [0, 0.1) is 0 Å². The average molecular weight is 390 g/mol. The Hall–Kier alpha value is -3.04. The molecule has 0 spiro atoms. The van der Waals surface area contributed by atoms with Crippen LogP contribution in [0.4, 0.5) is 13.2 Å². The Morgan fingerprint density at radius 2 is 2.04 bits per heavy atom. The summed E-state index contributed by atoms with van der Waals surface area (Å²) in [5.41, 5.74) is 0.438. The van der Waals surface area contributed by atoms with Gasteiger partial charge in [-0.3, -0.25) is 14.8 Å². The number of halogens is 3. The molecular weight excluding hydrogens is 373 g/mol. The van der Waals surface area contributed by atoms with E-state index in [9.17, 15) is 18.0 Å². The molecule has 0 fully saturated rings. The normalized spacial score (nSPS) is 14.1. The van der Waals surface area contributed by atoms with Crippen molar-refractivity contribution in [1.29, 1.82) is 0 Å². The molecule has 1 amide bonds. The molecule has 3 heterocycles. The quantitative estimate of drug-likeness (QED) is 0.739.